The van der Waals surface area contributed by atoms with Gasteiger partial charge < -0.3 is 5.11 Å². The highest BCUT2D eigenvalue weighted by molar-refractivity contribution is 7.95. The molecule has 1 unspecified atom stereocenters. The van der Waals surface area contributed by atoms with Crippen molar-refractivity contribution < 1.29 is 5.11 Å². The molecule has 3 aromatic rings. The summed E-state index contributed by atoms with van der Waals surface area (Å²) in [5.74, 6) is 0. The summed E-state index contributed by atoms with van der Waals surface area (Å²) in [6, 6.07) is 32.5. The van der Waals surface area contributed by atoms with Crippen molar-refractivity contribution in [2.75, 3.05) is 6.16 Å². The van der Waals surface area contributed by atoms with E-state index in [9.17, 15) is 5.11 Å². The molecule has 0 saturated carbocycles. The molecule has 0 heterocycles. The second-order valence-corrected chi connectivity index (χ2v) is 11.0. The van der Waals surface area contributed by atoms with Gasteiger partial charge in [0, 0.05) is 0 Å². The largest absolute Gasteiger partial charge is 0.389 e. The quantitative estimate of drug-likeness (QED) is 0.367. The lowest BCUT2D eigenvalue weighted by molar-refractivity contribution is 0.184. The number of hydrogen-bond acceptors (Lipinski definition) is 1. The van der Waals surface area contributed by atoms with Crippen LogP contribution in [0.1, 0.15) is 39.0 Å². The molecule has 146 valence electrons. The third kappa shape index (κ3) is 4.90. The van der Waals surface area contributed by atoms with Crippen LogP contribution in [0, 0.1) is 0 Å². The van der Waals surface area contributed by atoms with E-state index in [4.69, 9.17) is 0 Å². The fourth-order valence-electron chi connectivity index (χ4n) is 4.03. The number of hydrogen-bond donors (Lipinski definition) is 1. The first-order valence-corrected chi connectivity index (χ1v) is 12.5. The highest BCUT2D eigenvalue weighted by Crippen LogP contribution is 2.56. The highest BCUT2D eigenvalue weighted by atomic mass is 31.2. The van der Waals surface area contributed by atoms with E-state index in [1.54, 1.807) is 0 Å². The molecule has 0 radical (unpaired) electrons. The maximum absolute atomic E-state index is 11.1. The van der Waals surface area contributed by atoms with Gasteiger partial charge in [-0.1, -0.05) is 87.2 Å². The summed E-state index contributed by atoms with van der Waals surface area (Å²) in [5, 5.41) is 15.1. The maximum Gasteiger partial charge on any atom is 0.114 e. The Morgan fingerprint density at radius 3 is 1.46 bits per heavy atom. The predicted octanol–water partition coefficient (Wildman–Crippen LogP) is 5.31. The first-order chi connectivity index (χ1) is 13.8. The Hall–Kier alpha value is -1.95. The molecule has 0 aliphatic carbocycles. The van der Waals surface area contributed by atoms with E-state index in [1.165, 1.54) is 35.2 Å². The van der Waals surface area contributed by atoms with E-state index < -0.39 is 7.26 Å². The smallest absolute Gasteiger partial charge is 0.114 e. The van der Waals surface area contributed by atoms with Crippen LogP contribution in [0.15, 0.2) is 91.0 Å². The second kappa shape index (κ2) is 10.6. The number of aliphatic hydroxyl groups is 1. The first-order valence-electron chi connectivity index (χ1n) is 10.5. The third-order valence-electron chi connectivity index (χ3n) is 5.47. The van der Waals surface area contributed by atoms with Gasteiger partial charge in [0.2, 0.25) is 0 Å². The van der Waals surface area contributed by atoms with Crippen LogP contribution < -0.4 is 15.9 Å². The van der Waals surface area contributed by atoms with Gasteiger partial charge in [-0.25, -0.2) is 0 Å². The Bertz CT molecular complexity index is 705. The van der Waals surface area contributed by atoms with Crippen molar-refractivity contribution in [2.24, 2.45) is 0 Å². The summed E-state index contributed by atoms with van der Waals surface area (Å²) in [4.78, 5) is 0. The van der Waals surface area contributed by atoms with Crippen molar-refractivity contribution in [3.63, 3.8) is 0 Å². The summed E-state index contributed by atoms with van der Waals surface area (Å²) in [7, 11) is -1.91. The Kier molecular flexibility index (Phi) is 7.83. The molecular formula is C26H32OP+. The SMILES string of the molecule is CCCCCCC(O)C[P+](c1ccccc1)(c1ccccc1)c1ccccc1. The van der Waals surface area contributed by atoms with Crippen LogP contribution >= 0.6 is 7.26 Å². The van der Waals surface area contributed by atoms with Gasteiger partial charge in [0.15, 0.2) is 0 Å². The van der Waals surface area contributed by atoms with Crippen molar-refractivity contribution in [3.8, 4) is 0 Å². The van der Waals surface area contributed by atoms with E-state index in [2.05, 4.69) is 97.9 Å². The molecule has 28 heavy (non-hydrogen) atoms. The molecule has 0 aliphatic heterocycles. The summed E-state index contributed by atoms with van der Waals surface area (Å²) in [6.45, 7) is 2.23. The van der Waals surface area contributed by atoms with E-state index in [-0.39, 0.29) is 6.10 Å². The van der Waals surface area contributed by atoms with Crippen LogP contribution in [0.25, 0.3) is 0 Å². The normalized spacial score (nSPS) is 12.6. The van der Waals surface area contributed by atoms with Crippen LogP contribution in [0.5, 0.6) is 0 Å². The van der Waals surface area contributed by atoms with Gasteiger partial charge in [0.25, 0.3) is 0 Å². The average molecular weight is 392 g/mol. The summed E-state index contributed by atoms with van der Waals surface area (Å²) in [6.07, 6.45) is 6.19. The minimum Gasteiger partial charge on any atom is -0.389 e. The molecule has 0 amide bonds. The van der Waals surface area contributed by atoms with E-state index >= 15 is 0 Å². The van der Waals surface area contributed by atoms with Crippen molar-refractivity contribution in [1.29, 1.82) is 0 Å². The van der Waals surface area contributed by atoms with Crippen LogP contribution in [0.2, 0.25) is 0 Å². The Balaban J connectivity index is 2.04. The number of aliphatic hydroxyl groups excluding tert-OH is 1. The third-order valence-corrected chi connectivity index (χ3v) is 9.97. The van der Waals surface area contributed by atoms with Gasteiger partial charge in [-0.3, -0.25) is 0 Å². The Morgan fingerprint density at radius 1 is 0.643 bits per heavy atom. The minimum atomic E-state index is -1.91. The van der Waals surface area contributed by atoms with E-state index in [1.807, 2.05) is 0 Å². The van der Waals surface area contributed by atoms with Crippen molar-refractivity contribution in [3.05, 3.63) is 91.0 Å². The van der Waals surface area contributed by atoms with Gasteiger partial charge in [-0.2, -0.15) is 0 Å². The molecule has 3 aromatic carbocycles. The lowest BCUT2D eigenvalue weighted by atomic mass is 10.1. The highest BCUT2D eigenvalue weighted by Gasteiger charge is 2.46. The van der Waals surface area contributed by atoms with Crippen molar-refractivity contribution in [1.82, 2.24) is 0 Å². The molecular weight excluding hydrogens is 359 g/mol. The molecule has 0 spiro atoms. The maximum atomic E-state index is 11.1. The van der Waals surface area contributed by atoms with Gasteiger partial charge in [-0.15, -0.1) is 0 Å². The zero-order valence-electron chi connectivity index (χ0n) is 16.9. The zero-order chi connectivity index (χ0) is 19.7. The molecule has 1 nitrogen and oxygen atoms in total. The van der Waals surface area contributed by atoms with Crippen molar-refractivity contribution >= 4 is 23.2 Å². The van der Waals surface area contributed by atoms with Crippen LogP contribution in [-0.4, -0.2) is 17.4 Å². The number of unbranched alkanes of at least 4 members (excludes halogenated alkanes) is 3. The van der Waals surface area contributed by atoms with Crippen molar-refractivity contribution in [2.45, 2.75) is 45.1 Å². The predicted molar refractivity (Wildman–Crippen MR) is 125 cm³/mol. The van der Waals surface area contributed by atoms with Gasteiger partial charge >= 0.3 is 0 Å². The fraction of sp³-hybridized carbons (Fsp3) is 0.308. The standard InChI is InChI=1S/C26H32OP/c1-2-3-4-8-15-23(27)22-28(24-16-9-5-10-17-24,25-18-11-6-12-19-25)26-20-13-7-14-21-26/h5-7,9-14,16-21,23,27H,2-4,8,15,22H2,1H3/q+1. The molecule has 0 saturated heterocycles. The van der Waals surface area contributed by atoms with Gasteiger partial charge in [0.1, 0.15) is 23.2 Å². The average Bonchev–Trinajstić information content (AvgIpc) is 2.77. The summed E-state index contributed by atoms with van der Waals surface area (Å²) in [5.41, 5.74) is 0. The molecule has 0 aromatic heterocycles. The summed E-state index contributed by atoms with van der Waals surface area (Å²) < 4.78 is 0. The molecule has 2 heteroatoms. The van der Waals surface area contributed by atoms with Gasteiger partial charge in [0.05, 0.1) is 12.3 Å². The van der Waals surface area contributed by atoms with Crippen LogP contribution in [0.4, 0.5) is 0 Å². The molecule has 0 aliphatic rings. The Morgan fingerprint density at radius 2 is 1.07 bits per heavy atom. The van der Waals surface area contributed by atoms with E-state index in [0.717, 1.165) is 19.0 Å². The zero-order valence-corrected chi connectivity index (χ0v) is 17.8. The monoisotopic (exact) mass is 391 g/mol. The molecule has 0 fully saturated rings. The molecule has 3 rings (SSSR count). The Labute approximate surface area is 170 Å². The number of rotatable bonds is 10. The lowest BCUT2D eigenvalue weighted by Crippen LogP contribution is -2.37. The topological polar surface area (TPSA) is 20.2 Å². The number of benzene rings is 3. The van der Waals surface area contributed by atoms with E-state index in [0.29, 0.717) is 0 Å². The minimum absolute atomic E-state index is 0.286. The molecule has 0 bridgehead atoms. The lowest BCUT2D eigenvalue weighted by Gasteiger charge is -2.29. The fourth-order valence-corrected chi connectivity index (χ4v) is 8.41. The second-order valence-electron chi connectivity index (χ2n) is 7.50. The van der Waals surface area contributed by atoms with Crippen LogP contribution in [-0.2, 0) is 0 Å². The van der Waals surface area contributed by atoms with Crippen LogP contribution in [0.3, 0.4) is 0 Å². The molecule has 1 atom stereocenters. The first kappa shape index (κ1) is 20.8. The summed E-state index contributed by atoms with van der Waals surface area (Å²) >= 11 is 0. The van der Waals surface area contributed by atoms with Gasteiger partial charge in [-0.05, 0) is 42.8 Å². The molecule has 1 N–H and O–H groups in total.